The summed E-state index contributed by atoms with van der Waals surface area (Å²) in [5.74, 6) is 1.81. The van der Waals surface area contributed by atoms with Gasteiger partial charge in [0, 0.05) is 12.1 Å². The van der Waals surface area contributed by atoms with Crippen molar-refractivity contribution in [1.82, 2.24) is 4.90 Å². The Morgan fingerprint density at radius 2 is 1.23 bits per heavy atom. The Hall–Kier alpha value is -1.22. The van der Waals surface area contributed by atoms with Gasteiger partial charge in [0.1, 0.15) is 0 Å². The van der Waals surface area contributed by atoms with Gasteiger partial charge in [-0.05, 0) is 38.6 Å². The monoisotopic (exact) mass is 433 g/mol. The molecule has 0 amide bonds. The predicted molar refractivity (Wildman–Crippen MR) is 136 cm³/mol. The quantitative estimate of drug-likeness (QED) is 0.193. The van der Waals surface area contributed by atoms with Gasteiger partial charge in [-0.2, -0.15) is 0 Å². The number of nitrogens with zero attached hydrogens (tertiary/aromatic N) is 1. The van der Waals surface area contributed by atoms with E-state index in [0.29, 0.717) is 0 Å². The second-order valence-electron chi connectivity index (χ2n) is 9.32. The van der Waals surface area contributed by atoms with Crippen LogP contribution in [0.3, 0.4) is 0 Å². The molecule has 31 heavy (non-hydrogen) atoms. The highest BCUT2D eigenvalue weighted by atomic mass is 16.5. The normalized spacial score (nSPS) is 11.3. The highest BCUT2D eigenvalue weighted by molar-refractivity contribution is 5.49. The lowest BCUT2D eigenvalue weighted by atomic mass is 10.0. The Morgan fingerprint density at radius 1 is 0.710 bits per heavy atom. The van der Waals surface area contributed by atoms with Crippen LogP contribution in [0.5, 0.6) is 11.5 Å². The summed E-state index contributed by atoms with van der Waals surface area (Å²) in [5.41, 5.74) is 2.53. The van der Waals surface area contributed by atoms with Gasteiger partial charge in [-0.3, -0.25) is 0 Å². The van der Waals surface area contributed by atoms with E-state index in [-0.39, 0.29) is 0 Å². The Morgan fingerprint density at radius 3 is 1.68 bits per heavy atom. The highest BCUT2D eigenvalue weighted by Gasteiger charge is 2.13. The second kappa shape index (κ2) is 18.4. The van der Waals surface area contributed by atoms with Gasteiger partial charge < -0.3 is 14.4 Å². The third kappa shape index (κ3) is 13.0. The topological polar surface area (TPSA) is 21.7 Å². The van der Waals surface area contributed by atoms with E-state index < -0.39 is 0 Å². The molecule has 180 valence electrons. The zero-order valence-electron chi connectivity index (χ0n) is 21.4. The third-order valence-electron chi connectivity index (χ3n) is 6.05. The fourth-order valence-electron chi connectivity index (χ4n) is 4.17. The van der Waals surface area contributed by atoms with Crippen molar-refractivity contribution >= 4 is 0 Å². The molecule has 1 aromatic carbocycles. The van der Waals surface area contributed by atoms with Gasteiger partial charge in [-0.15, -0.1) is 0 Å². The molecule has 0 N–H and O–H groups in total. The summed E-state index contributed by atoms with van der Waals surface area (Å²) in [6.45, 7) is 6.12. The molecule has 0 saturated carbocycles. The maximum atomic E-state index is 6.21. The maximum absolute atomic E-state index is 6.21. The van der Waals surface area contributed by atoms with Gasteiger partial charge in [0.15, 0.2) is 11.5 Å². The minimum Gasteiger partial charge on any atom is -0.493 e. The van der Waals surface area contributed by atoms with E-state index >= 15 is 0 Å². The van der Waals surface area contributed by atoms with Gasteiger partial charge in [-0.25, -0.2) is 0 Å². The molecule has 3 heteroatoms. The van der Waals surface area contributed by atoms with Crippen LogP contribution in [-0.2, 0) is 13.0 Å². The summed E-state index contributed by atoms with van der Waals surface area (Å²) in [5, 5.41) is 0. The summed E-state index contributed by atoms with van der Waals surface area (Å²) in [6.07, 6.45) is 20.3. The largest absolute Gasteiger partial charge is 0.493 e. The Bertz CT molecular complexity index is 556. The standard InChI is InChI=1S/C28H51NO2/c1-6-8-9-10-11-12-13-14-15-16-17-18-19-20-21-31-28-26(24-29(3)4)22-25(7-2)23-27(28)30-5/h22-23H,6-21,24H2,1-5H3. The molecule has 0 aliphatic carbocycles. The molecule has 0 atom stereocenters. The van der Waals surface area contributed by atoms with Crippen LogP contribution in [0.15, 0.2) is 12.1 Å². The van der Waals surface area contributed by atoms with Crippen LogP contribution in [0.25, 0.3) is 0 Å². The van der Waals surface area contributed by atoms with Crippen molar-refractivity contribution in [2.45, 2.75) is 117 Å². The molecule has 1 rings (SSSR count). The van der Waals surface area contributed by atoms with Crippen molar-refractivity contribution in [2.24, 2.45) is 0 Å². The van der Waals surface area contributed by atoms with E-state index in [1.165, 1.54) is 94.6 Å². The molecule has 0 bridgehead atoms. The van der Waals surface area contributed by atoms with Crippen molar-refractivity contribution in [1.29, 1.82) is 0 Å². The van der Waals surface area contributed by atoms with E-state index in [2.05, 4.69) is 45.0 Å². The summed E-state index contributed by atoms with van der Waals surface area (Å²) < 4.78 is 11.9. The number of ether oxygens (including phenoxy) is 2. The van der Waals surface area contributed by atoms with Crippen LogP contribution in [-0.4, -0.2) is 32.7 Å². The van der Waals surface area contributed by atoms with Crippen LogP contribution in [0, 0.1) is 0 Å². The molecule has 0 aromatic heterocycles. The maximum Gasteiger partial charge on any atom is 0.165 e. The summed E-state index contributed by atoms with van der Waals surface area (Å²) >= 11 is 0. The SMILES string of the molecule is CCCCCCCCCCCCCCCCOc1c(CN(C)C)cc(CC)cc1OC. The lowest BCUT2D eigenvalue weighted by Crippen LogP contribution is -2.13. The molecule has 0 aliphatic rings. The van der Waals surface area contributed by atoms with Crippen LogP contribution >= 0.6 is 0 Å². The Kier molecular flexibility index (Phi) is 16.5. The minimum atomic E-state index is 0.778. The van der Waals surface area contributed by atoms with Gasteiger partial charge in [0.25, 0.3) is 0 Å². The van der Waals surface area contributed by atoms with Crippen LogP contribution in [0.4, 0.5) is 0 Å². The van der Waals surface area contributed by atoms with Gasteiger partial charge in [0.2, 0.25) is 0 Å². The molecule has 0 unspecified atom stereocenters. The first-order valence-electron chi connectivity index (χ1n) is 13.1. The zero-order chi connectivity index (χ0) is 22.7. The van der Waals surface area contributed by atoms with Crippen LogP contribution in [0.1, 0.15) is 115 Å². The third-order valence-corrected chi connectivity index (χ3v) is 6.05. The van der Waals surface area contributed by atoms with Crippen molar-refractivity contribution in [3.05, 3.63) is 23.3 Å². The van der Waals surface area contributed by atoms with E-state index in [9.17, 15) is 0 Å². The van der Waals surface area contributed by atoms with Gasteiger partial charge in [0.05, 0.1) is 13.7 Å². The molecule has 1 aromatic rings. The van der Waals surface area contributed by atoms with Gasteiger partial charge in [-0.1, -0.05) is 103 Å². The number of rotatable bonds is 20. The first-order chi connectivity index (χ1) is 15.1. The molecule has 0 saturated heterocycles. The zero-order valence-corrected chi connectivity index (χ0v) is 21.4. The summed E-state index contributed by atoms with van der Waals surface area (Å²) in [4.78, 5) is 2.19. The fourth-order valence-corrected chi connectivity index (χ4v) is 4.17. The minimum absolute atomic E-state index is 0.778. The van der Waals surface area contributed by atoms with Gasteiger partial charge >= 0.3 is 0 Å². The van der Waals surface area contributed by atoms with E-state index in [0.717, 1.165) is 37.5 Å². The Balaban J connectivity index is 2.16. The lowest BCUT2D eigenvalue weighted by molar-refractivity contribution is 0.276. The lowest BCUT2D eigenvalue weighted by Gasteiger charge is -2.19. The number of hydrogen-bond acceptors (Lipinski definition) is 3. The van der Waals surface area contributed by atoms with E-state index in [1.807, 2.05) is 0 Å². The number of benzene rings is 1. The predicted octanol–water partition coefficient (Wildman–Crippen LogP) is 8.18. The van der Waals surface area contributed by atoms with Crippen molar-refractivity contribution in [3.63, 3.8) is 0 Å². The average Bonchev–Trinajstić information content (AvgIpc) is 2.76. The van der Waals surface area contributed by atoms with Crippen molar-refractivity contribution < 1.29 is 9.47 Å². The number of unbranched alkanes of at least 4 members (excludes halogenated alkanes) is 13. The molecule has 0 fully saturated rings. The molecule has 0 aliphatic heterocycles. The first kappa shape index (κ1) is 27.8. The molecule has 0 spiro atoms. The van der Waals surface area contributed by atoms with Crippen molar-refractivity contribution in [3.8, 4) is 11.5 Å². The van der Waals surface area contributed by atoms with Crippen molar-refractivity contribution in [2.75, 3.05) is 27.8 Å². The highest BCUT2D eigenvalue weighted by Crippen LogP contribution is 2.34. The van der Waals surface area contributed by atoms with Crippen LogP contribution < -0.4 is 9.47 Å². The second-order valence-corrected chi connectivity index (χ2v) is 9.32. The first-order valence-corrected chi connectivity index (χ1v) is 13.1. The Labute approximate surface area is 193 Å². The van der Waals surface area contributed by atoms with E-state index in [1.54, 1.807) is 7.11 Å². The molecule has 0 heterocycles. The number of hydrogen-bond donors (Lipinski definition) is 0. The smallest absolute Gasteiger partial charge is 0.165 e. The fraction of sp³-hybridized carbons (Fsp3) is 0.786. The molecular weight excluding hydrogens is 382 g/mol. The molecular formula is C28H51NO2. The number of methoxy groups -OCH3 is 1. The van der Waals surface area contributed by atoms with E-state index in [4.69, 9.17) is 9.47 Å². The summed E-state index contributed by atoms with van der Waals surface area (Å²) in [7, 11) is 5.94. The number of aryl methyl sites for hydroxylation is 1. The average molecular weight is 434 g/mol. The molecule has 3 nitrogen and oxygen atoms in total. The molecule has 0 radical (unpaired) electrons. The summed E-state index contributed by atoms with van der Waals surface area (Å²) in [6, 6.07) is 4.39. The van der Waals surface area contributed by atoms with Crippen LogP contribution in [0.2, 0.25) is 0 Å².